The Morgan fingerprint density at radius 1 is 1.08 bits per heavy atom. The summed E-state index contributed by atoms with van der Waals surface area (Å²) in [5.41, 5.74) is 3.62. The molecule has 26 heavy (non-hydrogen) atoms. The first-order valence-electron chi connectivity index (χ1n) is 7.97. The van der Waals surface area contributed by atoms with E-state index in [9.17, 15) is 14.9 Å². The number of nitro benzene ring substituents is 1. The highest BCUT2D eigenvalue weighted by molar-refractivity contribution is 5.97. The molecule has 0 aromatic heterocycles. The van der Waals surface area contributed by atoms with Crippen molar-refractivity contribution in [3.63, 3.8) is 0 Å². The molecule has 0 saturated heterocycles. The predicted octanol–water partition coefficient (Wildman–Crippen LogP) is 2.69. The van der Waals surface area contributed by atoms with Gasteiger partial charge in [0.05, 0.1) is 16.2 Å². The molecule has 0 bridgehead atoms. The van der Waals surface area contributed by atoms with Crippen molar-refractivity contribution in [3.05, 3.63) is 68.9 Å². The van der Waals surface area contributed by atoms with Crippen LogP contribution in [-0.2, 0) is 9.53 Å². The minimum atomic E-state index is -0.452. The molecule has 8 heteroatoms. The van der Waals surface area contributed by atoms with Crippen LogP contribution < -0.4 is 14.8 Å². The average Bonchev–Trinajstić information content (AvgIpc) is 3.24. The van der Waals surface area contributed by atoms with Gasteiger partial charge in [-0.05, 0) is 17.2 Å². The molecule has 3 aliphatic heterocycles. The van der Waals surface area contributed by atoms with Gasteiger partial charge in [-0.2, -0.15) is 0 Å². The highest BCUT2D eigenvalue weighted by Crippen LogP contribution is 2.48. The molecule has 0 radical (unpaired) electrons. The molecular weight excluding hydrogens is 340 g/mol. The standard InChI is InChI=1S/C18H12N2O6/c21-18-17-13(7-24-18)19-12-6-15-14(25-8-26-15)5-11(12)16(17)9-1-3-10(4-2-9)20(22)23/h1-6,16,19H,7-8H2/t16-/m1/s1. The van der Waals surface area contributed by atoms with Crippen LogP contribution >= 0.6 is 0 Å². The molecule has 2 aromatic rings. The molecule has 0 aliphatic carbocycles. The van der Waals surface area contributed by atoms with E-state index in [1.807, 2.05) is 12.1 Å². The lowest BCUT2D eigenvalue weighted by Gasteiger charge is -2.27. The maximum absolute atomic E-state index is 12.3. The third-order valence-corrected chi connectivity index (χ3v) is 4.76. The number of rotatable bonds is 2. The molecular formula is C18H12N2O6. The third kappa shape index (κ3) is 2.05. The molecule has 1 N–H and O–H groups in total. The number of ether oxygens (including phenoxy) is 3. The second kappa shape index (κ2) is 5.22. The van der Waals surface area contributed by atoms with E-state index in [4.69, 9.17) is 14.2 Å². The third-order valence-electron chi connectivity index (χ3n) is 4.76. The second-order valence-corrected chi connectivity index (χ2v) is 6.17. The monoisotopic (exact) mass is 352 g/mol. The van der Waals surface area contributed by atoms with Crippen LogP contribution in [0.4, 0.5) is 11.4 Å². The molecule has 2 aromatic carbocycles. The van der Waals surface area contributed by atoms with Crippen molar-refractivity contribution in [2.75, 3.05) is 18.7 Å². The highest BCUT2D eigenvalue weighted by atomic mass is 16.7. The Balaban J connectivity index is 1.68. The second-order valence-electron chi connectivity index (χ2n) is 6.17. The lowest BCUT2D eigenvalue weighted by atomic mass is 9.81. The number of hydrogen-bond donors (Lipinski definition) is 1. The summed E-state index contributed by atoms with van der Waals surface area (Å²) in [5, 5.41) is 14.2. The first kappa shape index (κ1) is 14.8. The molecule has 0 fully saturated rings. The number of carbonyl (C=O) groups is 1. The molecule has 0 amide bonds. The molecule has 5 rings (SSSR count). The van der Waals surface area contributed by atoms with E-state index >= 15 is 0 Å². The Morgan fingerprint density at radius 3 is 2.54 bits per heavy atom. The lowest BCUT2D eigenvalue weighted by Crippen LogP contribution is -2.19. The number of hydrogen-bond acceptors (Lipinski definition) is 7. The number of benzene rings is 2. The fourth-order valence-corrected chi connectivity index (χ4v) is 3.57. The Labute approximate surface area is 147 Å². The van der Waals surface area contributed by atoms with Crippen molar-refractivity contribution in [3.8, 4) is 11.5 Å². The van der Waals surface area contributed by atoms with E-state index in [-0.39, 0.29) is 25.1 Å². The number of fused-ring (bicyclic) bond motifs is 2. The van der Waals surface area contributed by atoms with Crippen molar-refractivity contribution in [1.29, 1.82) is 0 Å². The summed E-state index contributed by atoms with van der Waals surface area (Å²) in [4.78, 5) is 22.8. The SMILES string of the molecule is O=C1OCC2=C1[C@H](c1ccc([N+](=O)[O-])cc1)c1cc3c(cc1N2)OCO3. The topological polar surface area (TPSA) is 99.9 Å². The van der Waals surface area contributed by atoms with Gasteiger partial charge in [0, 0.05) is 29.8 Å². The van der Waals surface area contributed by atoms with Gasteiger partial charge in [0.25, 0.3) is 5.69 Å². The Kier molecular flexibility index (Phi) is 2.96. The van der Waals surface area contributed by atoms with Crippen LogP contribution in [0.25, 0.3) is 0 Å². The zero-order valence-electron chi connectivity index (χ0n) is 13.4. The van der Waals surface area contributed by atoms with Crippen molar-refractivity contribution in [2.45, 2.75) is 5.92 Å². The predicted molar refractivity (Wildman–Crippen MR) is 89.1 cm³/mol. The van der Waals surface area contributed by atoms with Crippen LogP contribution in [0.2, 0.25) is 0 Å². The molecule has 0 spiro atoms. The van der Waals surface area contributed by atoms with Gasteiger partial charge in [-0.25, -0.2) is 4.79 Å². The minimum absolute atomic E-state index is 0.00297. The van der Waals surface area contributed by atoms with E-state index in [0.717, 1.165) is 16.8 Å². The van der Waals surface area contributed by atoms with Crippen molar-refractivity contribution in [1.82, 2.24) is 0 Å². The first-order chi connectivity index (χ1) is 12.6. The summed E-state index contributed by atoms with van der Waals surface area (Å²) in [6, 6.07) is 9.88. The van der Waals surface area contributed by atoms with Gasteiger partial charge < -0.3 is 19.5 Å². The smallest absolute Gasteiger partial charge is 0.337 e. The number of non-ortho nitro benzene ring substituents is 1. The Bertz CT molecular complexity index is 995. The Hall–Kier alpha value is -3.55. The number of anilines is 1. The van der Waals surface area contributed by atoms with E-state index in [1.54, 1.807) is 12.1 Å². The maximum Gasteiger partial charge on any atom is 0.337 e. The van der Waals surface area contributed by atoms with Crippen LogP contribution in [0.5, 0.6) is 11.5 Å². The molecule has 8 nitrogen and oxygen atoms in total. The molecule has 0 saturated carbocycles. The number of nitrogens with one attached hydrogen (secondary N) is 1. The first-order valence-corrected chi connectivity index (χ1v) is 7.97. The highest BCUT2D eigenvalue weighted by Gasteiger charge is 2.39. The largest absolute Gasteiger partial charge is 0.456 e. The molecule has 0 unspecified atom stereocenters. The fourth-order valence-electron chi connectivity index (χ4n) is 3.57. The van der Waals surface area contributed by atoms with Gasteiger partial charge in [-0.15, -0.1) is 0 Å². The van der Waals surface area contributed by atoms with Crippen molar-refractivity contribution < 1.29 is 23.9 Å². The minimum Gasteiger partial charge on any atom is -0.456 e. The summed E-state index contributed by atoms with van der Waals surface area (Å²) < 4.78 is 16.1. The summed E-state index contributed by atoms with van der Waals surface area (Å²) in [6.45, 7) is 0.321. The van der Waals surface area contributed by atoms with Crippen LogP contribution in [0.15, 0.2) is 47.7 Å². The number of esters is 1. The van der Waals surface area contributed by atoms with E-state index in [1.165, 1.54) is 12.1 Å². The molecule has 3 aliphatic rings. The van der Waals surface area contributed by atoms with Gasteiger partial charge in [0.15, 0.2) is 11.5 Å². The van der Waals surface area contributed by atoms with E-state index in [2.05, 4.69) is 5.32 Å². The number of nitrogens with zero attached hydrogens (tertiary/aromatic N) is 1. The normalized spacial score (nSPS) is 19.5. The maximum atomic E-state index is 12.3. The quantitative estimate of drug-likeness (QED) is 0.504. The van der Waals surface area contributed by atoms with Gasteiger partial charge >= 0.3 is 5.97 Å². The van der Waals surface area contributed by atoms with Crippen LogP contribution in [0, 0.1) is 10.1 Å². The summed E-state index contributed by atoms with van der Waals surface area (Å²) in [6.07, 6.45) is 0. The number of nitro groups is 1. The molecule has 1 atom stereocenters. The van der Waals surface area contributed by atoms with Crippen LogP contribution in [0.1, 0.15) is 17.0 Å². The van der Waals surface area contributed by atoms with Crippen LogP contribution in [0.3, 0.4) is 0 Å². The molecule has 3 heterocycles. The number of cyclic esters (lactones) is 1. The summed E-state index contributed by atoms with van der Waals surface area (Å²) in [5.74, 6) is 0.451. The summed E-state index contributed by atoms with van der Waals surface area (Å²) >= 11 is 0. The average molecular weight is 352 g/mol. The van der Waals surface area contributed by atoms with Crippen molar-refractivity contribution in [2.24, 2.45) is 0 Å². The van der Waals surface area contributed by atoms with Crippen LogP contribution in [-0.4, -0.2) is 24.3 Å². The Morgan fingerprint density at radius 2 is 1.81 bits per heavy atom. The molecule has 130 valence electrons. The zero-order chi connectivity index (χ0) is 17.8. The van der Waals surface area contributed by atoms with Crippen molar-refractivity contribution >= 4 is 17.3 Å². The van der Waals surface area contributed by atoms with E-state index in [0.29, 0.717) is 22.8 Å². The lowest BCUT2D eigenvalue weighted by molar-refractivity contribution is -0.384. The summed E-state index contributed by atoms with van der Waals surface area (Å²) in [7, 11) is 0. The zero-order valence-corrected chi connectivity index (χ0v) is 13.4. The van der Waals surface area contributed by atoms with Gasteiger partial charge in [-0.3, -0.25) is 10.1 Å². The fraction of sp³-hybridized carbons (Fsp3) is 0.167. The van der Waals surface area contributed by atoms with Gasteiger partial charge in [0.1, 0.15) is 6.61 Å². The van der Waals surface area contributed by atoms with Gasteiger partial charge in [-0.1, -0.05) is 12.1 Å². The van der Waals surface area contributed by atoms with E-state index < -0.39 is 10.8 Å². The number of carbonyl (C=O) groups excluding carboxylic acids is 1. The van der Waals surface area contributed by atoms with Gasteiger partial charge in [0.2, 0.25) is 6.79 Å².